The number of aromatic carboxylic acids is 1. The summed E-state index contributed by atoms with van der Waals surface area (Å²) >= 11 is 0. The van der Waals surface area contributed by atoms with Crippen LogP contribution in [-0.2, 0) is 25.2 Å². The SMILES string of the molecule is CN1CCN(c2nc(CCc3cc(C(F)(F)F)cc(C(F)(F)F)c3)c(C(=O)O)c(-c3ccccc3)n2)CC1. The molecule has 1 aliphatic rings. The number of nitrogens with zero attached hydrogens (tertiary/aromatic N) is 4. The normalized spacial score (nSPS) is 15.1. The number of carboxylic acids is 1. The number of likely N-dealkylation sites (N-methyl/N-ethyl adjacent to an activating group) is 1. The second-order valence-electron chi connectivity index (χ2n) is 9.07. The fourth-order valence-corrected chi connectivity index (χ4v) is 4.28. The molecule has 0 unspecified atom stereocenters. The number of aromatic nitrogens is 2. The van der Waals surface area contributed by atoms with E-state index in [4.69, 9.17) is 0 Å². The van der Waals surface area contributed by atoms with E-state index in [9.17, 15) is 36.2 Å². The minimum Gasteiger partial charge on any atom is -0.478 e. The largest absolute Gasteiger partial charge is 0.478 e. The van der Waals surface area contributed by atoms with E-state index in [1.54, 1.807) is 30.3 Å². The Morgan fingerprint density at radius 2 is 1.45 bits per heavy atom. The third-order valence-electron chi connectivity index (χ3n) is 6.32. The van der Waals surface area contributed by atoms with Crippen LogP contribution in [0.15, 0.2) is 48.5 Å². The molecule has 1 fully saturated rings. The molecule has 1 aromatic heterocycles. The van der Waals surface area contributed by atoms with Gasteiger partial charge in [0.2, 0.25) is 5.95 Å². The fraction of sp³-hybridized carbons (Fsp3) is 0.346. The summed E-state index contributed by atoms with van der Waals surface area (Å²) in [6, 6.07) is 9.88. The molecule has 0 aliphatic carbocycles. The van der Waals surface area contributed by atoms with E-state index in [1.165, 1.54) is 0 Å². The molecule has 202 valence electrons. The maximum atomic E-state index is 13.3. The number of hydrogen-bond donors (Lipinski definition) is 1. The first kappa shape index (κ1) is 27.4. The van der Waals surface area contributed by atoms with Gasteiger partial charge in [0.15, 0.2) is 0 Å². The molecule has 38 heavy (non-hydrogen) atoms. The molecule has 1 saturated heterocycles. The lowest BCUT2D eigenvalue weighted by Crippen LogP contribution is -2.45. The molecule has 0 amide bonds. The number of hydrogen-bond acceptors (Lipinski definition) is 5. The summed E-state index contributed by atoms with van der Waals surface area (Å²) in [6.45, 7) is 2.56. The van der Waals surface area contributed by atoms with Gasteiger partial charge in [0, 0.05) is 31.7 Å². The summed E-state index contributed by atoms with van der Waals surface area (Å²) in [7, 11) is 1.96. The highest BCUT2D eigenvalue weighted by Crippen LogP contribution is 2.37. The van der Waals surface area contributed by atoms with E-state index < -0.39 is 29.4 Å². The zero-order valence-corrected chi connectivity index (χ0v) is 20.3. The van der Waals surface area contributed by atoms with E-state index in [-0.39, 0.29) is 47.4 Å². The fourth-order valence-electron chi connectivity index (χ4n) is 4.28. The Kier molecular flexibility index (Phi) is 7.63. The van der Waals surface area contributed by atoms with E-state index in [0.717, 1.165) is 0 Å². The first-order chi connectivity index (χ1) is 17.8. The smallest absolute Gasteiger partial charge is 0.416 e. The Morgan fingerprint density at radius 3 is 1.97 bits per heavy atom. The average molecular weight is 538 g/mol. The Labute approximate surface area is 214 Å². The van der Waals surface area contributed by atoms with Crippen LogP contribution in [0.4, 0.5) is 32.3 Å². The highest BCUT2D eigenvalue weighted by atomic mass is 19.4. The third kappa shape index (κ3) is 6.24. The van der Waals surface area contributed by atoms with Gasteiger partial charge in [-0.05, 0) is 43.7 Å². The van der Waals surface area contributed by atoms with Crippen molar-refractivity contribution in [3.8, 4) is 11.3 Å². The van der Waals surface area contributed by atoms with Crippen LogP contribution in [0.5, 0.6) is 0 Å². The van der Waals surface area contributed by atoms with Gasteiger partial charge in [-0.3, -0.25) is 0 Å². The van der Waals surface area contributed by atoms with Crippen molar-refractivity contribution in [1.29, 1.82) is 0 Å². The topological polar surface area (TPSA) is 69.6 Å². The summed E-state index contributed by atoms with van der Waals surface area (Å²) in [6.07, 6.45) is -10.5. The molecule has 0 bridgehead atoms. The number of alkyl halides is 6. The molecule has 1 aliphatic heterocycles. The molecule has 0 radical (unpaired) electrons. The van der Waals surface area contributed by atoms with Crippen molar-refractivity contribution in [3.63, 3.8) is 0 Å². The highest BCUT2D eigenvalue weighted by Gasteiger charge is 2.37. The van der Waals surface area contributed by atoms with Crippen LogP contribution >= 0.6 is 0 Å². The molecule has 6 nitrogen and oxygen atoms in total. The Balaban J connectivity index is 1.78. The molecule has 2 aromatic carbocycles. The molecular weight excluding hydrogens is 514 g/mol. The summed E-state index contributed by atoms with van der Waals surface area (Å²) in [5, 5.41) is 10.0. The van der Waals surface area contributed by atoms with Gasteiger partial charge in [-0.15, -0.1) is 0 Å². The maximum Gasteiger partial charge on any atom is 0.416 e. The van der Waals surface area contributed by atoms with E-state index in [0.29, 0.717) is 43.9 Å². The van der Waals surface area contributed by atoms with Crippen molar-refractivity contribution in [2.45, 2.75) is 25.2 Å². The number of halogens is 6. The average Bonchev–Trinajstić information content (AvgIpc) is 2.86. The number of benzene rings is 2. The van der Waals surface area contributed by atoms with Crippen LogP contribution in [0.25, 0.3) is 11.3 Å². The van der Waals surface area contributed by atoms with Crippen LogP contribution in [0.3, 0.4) is 0 Å². The van der Waals surface area contributed by atoms with Crippen molar-refractivity contribution in [1.82, 2.24) is 14.9 Å². The Morgan fingerprint density at radius 1 is 0.868 bits per heavy atom. The summed E-state index contributed by atoms with van der Waals surface area (Å²) in [5.41, 5.74) is -2.65. The number of carbonyl (C=O) groups is 1. The first-order valence-corrected chi connectivity index (χ1v) is 11.7. The van der Waals surface area contributed by atoms with Crippen LogP contribution in [0, 0.1) is 0 Å². The molecule has 2 heterocycles. The molecule has 0 spiro atoms. The number of aryl methyl sites for hydroxylation is 2. The van der Waals surface area contributed by atoms with E-state index >= 15 is 0 Å². The van der Waals surface area contributed by atoms with Crippen LogP contribution in [0.1, 0.15) is 32.7 Å². The number of piperazine rings is 1. The second-order valence-corrected chi connectivity index (χ2v) is 9.07. The zero-order valence-electron chi connectivity index (χ0n) is 20.3. The minimum absolute atomic E-state index is 0.0336. The predicted molar refractivity (Wildman–Crippen MR) is 128 cm³/mol. The number of rotatable bonds is 6. The molecule has 4 rings (SSSR count). The van der Waals surface area contributed by atoms with Gasteiger partial charge in [0.25, 0.3) is 0 Å². The number of carboxylic acid groups (broad SMARTS) is 1. The summed E-state index contributed by atoms with van der Waals surface area (Å²) in [5.74, 6) is -1.08. The van der Waals surface area contributed by atoms with Crippen molar-refractivity contribution >= 4 is 11.9 Å². The van der Waals surface area contributed by atoms with E-state index in [2.05, 4.69) is 14.9 Å². The number of anilines is 1. The predicted octanol–water partition coefficient (Wildman–Crippen LogP) is 5.42. The highest BCUT2D eigenvalue weighted by molar-refractivity contribution is 5.96. The second kappa shape index (κ2) is 10.6. The van der Waals surface area contributed by atoms with Crippen molar-refractivity contribution in [2.75, 3.05) is 38.1 Å². The molecule has 1 N–H and O–H groups in total. The van der Waals surface area contributed by atoms with Crippen LogP contribution < -0.4 is 4.90 Å². The zero-order chi connectivity index (χ0) is 27.7. The maximum absolute atomic E-state index is 13.3. The van der Waals surface area contributed by atoms with Crippen molar-refractivity contribution < 1.29 is 36.2 Å². The van der Waals surface area contributed by atoms with Gasteiger partial charge in [-0.2, -0.15) is 26.3 Å². The van der Waals surface area contributed by atoms with Gasteiger partial charge in [0.05, 0.1) is 22.5 Å². The van der Waals surface area contributed by atoms with Gasteiger partial charge in [-0.1, -0.05) is 30.3 Å². The molecular formula is C26H24F6N4O2. The lowest BCUT2D eigenvalue weighted by Gasteiger charge is -2.33. The van der Waals surface area contributed by atoms with Crippen molar-refractivity contribution in [2.24, 2.45) is 0 Å². The Hall–Kier alpha value is -3.67. The molecule has 12 heteroatoms. The van der Waals surface area contributed by atoms with Crippen molar-refractivity contribution in [3.05, 3.63) is 76.5 Å². The Bertz CT molecular complexity index is 1270. The third-order valence-corrected chi connectivity index (χ3v) is 6.32. The van der Waals surface area contributed by atoms with Gasteiger partial charge >= 0.3 is 18.3 Å². The standard InChI is InChI=1S/C26H24F6N4O2/c1-35-9-11-36(12-10-35)24-33-20(21(23(37)38)22(34-24)17-5-3-2-4-6-17)8-7-16-13-18(25(27,28)29)15-19(14-16)26(30,31)32/h2-6,13-15H,7-12H2,1H3,(H,37,38). The summed E-state index contributed by atoms with van der Waals surface area (Å²) < 4.78 is 79.9. The lowest BCUT2D eigenvalue weighted by atomic mass is 9.97. The van der Waals surface area contributed by atoms with Crippen LogP contribution in [-0.4, -0.2) is 59.2 Å². The molecule has 0 saturated carbocycles. The minimum atomic E-state index is -4.98. The molecule has 0 atom stereocenters. The monoisotopic (exact) mass is 538 g/mol. The van der Waals surface area contributed by atoms with Gasteiger partial charge in [0.1, 0.15) is 5.56 Å². The van der Waals surface area contributed by atoms with Gasteiger partial charge in [-0.25, -0.2) is 14.8 Å². The van der Waals surface area contributed by atoms with Gasteiger partial charge < -0.3 is 14.9 Å². The van der Waals surface area contributed by atoms with Crippen LogP contribution in [0.2, 0.25) is 0 Å². The summed E-state index contributed by atoms with van der Waals surface area (Å²) in [4.78, 5) is 25.3. The molecule has 3 aromatic rings. The quantitative estimate of drug-likeness (QED) is 0.423. The lowest BCUT2D eigenvalue weighted by molar-refractivity contribution is -0.143. The van der Waals surface area contributed by atoms with E-state index in [1.807, 2.05) is 11.9 Å². The first-order valence-electron chi connectivity index (χ1n) is 11.7.